The normalized spacial score (nSPS) is 13.7. The lowest BCUT2D eigenvalue weighted by atomic mass is 10.1. The van der Waals surface area contributed by atoms with Gasteiger partial charge in [-0.1, -0.05) is 13.3 Å². The molecule has 4 heteroatoms. The number of hydrogen-bond donors (Lipinski definition) is 3. The van der Waals surface area contributed by atoms with Gasteiger partial charge in [-0.25, -0.2) is 0 Å². The third-order valence-electron chi connectivity index (χ3n) is 2.02. The highest BCUT2D eigenvalue weighted by Gasteiger charge is 2.12. The minimum atomic E-state index is -0.357. The summed E-state index contributed by atoms with van der Waals surface area (Å²) in [4.78, 5) is 11.4. The monoisotopic (exact) mass is 215 g/mol. The molecule has 0 radical (unpaired) electrons. The number of nitrogens with two attached hydrogens (primary N) is 1. The summed E-state index contributed by atoms with van der Waals surface area (Å²) in [6.45, 7) is 9.71. The van der Waals surface area contributed by atoms with Gasteiger partial charge in [0.1, 0.15) is 0 Å². The Morgan fingerprint density at radius 1 is 1.33 bits per heavy atom. The summed E-state index contributed by atoms with van der Waals surface area (Å²) in [5, 5.41) is 6.11. The van der Waals surface area contributed by atoms with Crippen molar-refractivity contribution in [2.24, 2.45) is 5.73 Å². The van der Waals surface area contributed by atoms with Crippen LogP contribution in [0.25, 0.3) is 0 Å². The van der Waals surface area contributed by atoms with Gasteiger partial charge in [-0.3, -0.25) is 4.79 Å². The molecule has 0 aliphatic carbocycles. The molecule has 4 nitrogen and oxygen atoms in total. The minimum Gasteiger partial charge on any atom is -0.353 e. The lowest BCUT2D eigenvalue weighted by molar-refractivity contribution is -0.122. The molecule has 0 fully saturated rings. The molecule has 0 saturated heterocycles. The molecule has 1 atom stereocenters. The van der Waals surface area contributed by atoms with Crippen molar-refractivity contribution in [3.8, 4) is 0 Å². The first-order valence-corrected chi connectivity index (χ1v) is 5.65. The fourth-order valence-electron chi connectivity index (χ4n) is 1.20. The van der Waals surface area contributed by atoms with E-state index in [1.807, 2.05) is 6.92 Å². The average molecular weight is 215 g/mol. The molecule has 0 aromatic heterocycles. The number of hydrogen-bond acceptors (Lipinski definition) is 3. The van der Waals surface area contributed by atoms with Crippen molar-refractivity contribution in [2.45, 2.75) is 52.1 Å². The maximum atomic E-state index is 11.4. The van der Waals surface area contributed by atoms with E-state index in [0.29, 0.717) is 6.54 Å². The van der Waals surface area contributed by atoms with E-state index in [4.69, 9.17) is 5.73 Å². The van der Waals surface area contributed by atoms with Crippen LogP contribution in [0.1, 0.15) is 40.5 Å². The number of rotatable bonds is 6. The standard InChI is InChI=1S/C11H25N3O/c1-5-6-9(12)10(15)13-7-8-14-11(2,3)4/h9,14H,5-8,12H2,1-4H3,(H,13,15). The highest BCUT2D eigenvalue weighted by molar-refractivity contribution is 5.81. The molecule has 0 aromatic rings. The summed E-state index contributed by atoms with van der Waals surface area (Å²) < 4.78 is 0. The van der Waals surface area contributed by atoms with Crippen LogP contribution in [0.5, 0.6) is 0 Å². The van der Waals surface area contributed by atoms with Crippen LogP contribution in [0.3, 0.4) is 0 Å². The summed E-state index contributed by atoms with van der Waals surface area (Å²) in [6.07, 6.45) is 1.69. The molecule has 1 unspecified atom stereocenters. The van der Waals surface area contributed by atoms with Gasteiger partial charge in [0.25, 0.3) is 0 Å². The number of amides is 1. The minimum absolute atomic E-state index is 0.0486. The first-order chi connectivity index (χ1) is 6.87. The Bertz CT molecular complexity index is 187. The molecule has 0 heterocycles. The Kier molecular flexibility index (Phi) is 6.52. The zero-order valence-corrected chi connectivity index (χ0v) is 10.4. The summed E-state index contributed by atoms with van der Waals surface area (Å²) in [6, 6.07) is -0.357. The van der Waals surface area contributed by atoms with Gasteiger partial charge >= 0.3 is 0 Å². The van der Waals surface area contributed by atoms with Crippen LogP contribution in [0.4, 0.5) is 0 Å². The van der Waals surface area contributed by atoms with Gasteiger partial charge in [-0.15, -0.1) is 0 Å². The van der Waals surface area contributed by atoms with Gasteiger partial charge < -0.3 is 16.4 Å². The number of nitrogens with one attached hydrogen (secondary N) is 2. The first-order valence-electron chi connectivity index (χ1n) is 5.65. The highest BCUT2D eigenvalue weighted by Crippen LogP contribution is 1.96. The maximum Gasteiger partial charge on any atom is 0.236 e. The fraction of sp³-hybridized carbons (Fsp3) is 0.909. The van der Waals surface area contributed by atoms with Crippen molar-refractivity contribution in [1.29, 1.82) is 0 Å². The van der Waals surface area contributed by atoms with Gasteiger partial charge in [0.15, 0.2) is 0 Å². The van der Waals surface area contributed by atoms with E-state index in [0.717, 1.165) is 19.4 Å². The topological polar surface area (TPSA) is 67.2 Å². The Labute approximate surface area is 93.0 Å². The molecule has 4 N–H and O–H groups in total. The van der Waals surface area contributed by atoms with Crippen LogP contribution in [-0.4, -0.2) is 30.6 Å². The van der Waals surface area contributed by atoms with Crippen molar-refractivity contribution in [2.75, 3.05) is 13.1 Å². The van der Waals surface area contributed by atoms with Gasteiger partial charge in [0, 0.05) is 18.6 Å². The largest absolute Gasteiger partial charge is 0.353 e. The predicted octanol–water partition coefficient (Wildman–Crippen LogP) is 0.618. The Morgan fingerprint density at radius 3 is 2.40 bits per heavy atom. The third-order valence-corrected chi connectivity index (χ3v) is 2.02. The third kappa shape index (κ3) is 8.39. The Balaban J connectivity index is 3.55. The first kappa shape index (κ1) is 14.4. The fourth-order valence-corrected chi connectivity index (χ4v) is 1.20. The van der Waals surface area contributed by atoms with Crippen molar-refractivity contribution >= 4 is 5.91 Å². The van der Waals surface area contributed by atoms with Crippen LogP contribution < -0.4 is 16.4 Å². The van der Waals surface area contributed by atoms with Crippen molar-refractivity contribution in [1.82, 2.24) is 10.6 Å². The quantitative estimate of drug-likeness (QED) is 0.569. The van der Waals surface area contributed by atoms with Crippen LogP contribution in [0.15, 0.2) is 0 Å². The van der Waals surface area contributed by atoms with Gasteiger partial charge in [-0.2, -0.15) is 0 Å². The molecular weight excluding hydrogens is 190 g/mol. The molecule has 1 amide bonds. The number of carbonyl (C=O) groups excluding carboxylic acids is 1. The molecule has 0 aromatic carbocycles. The van der Waals surface area contributed by atoms with E-state index in [1.54, 1.807) is 0 Å². The molecule has 0 saturated carbocycles. The van der Waals surface area contributed by atoms with Crippen LogP contribution in [0.2, 0.25) is 0 Å². The highest BCUT2D eigenvalue weighted by atomic mass is 16.2. The van der Waals surface area contributed by atoms with Gasteiger partial charge in [0.2, 0.25) is 5.91 Å². The summed E-state index contributed by atoms with van der Waals surface area (Å²) in [5.41, 5.74) is 5.76. The van der Waals surface area contributed by atoms with Crippen LogP contribution in [0, 0.1) is 0 Å². The van der Waals surface area contributed by atoms with E-state index >= 15 is 0 Å². The Morgan fingerprint density at radius 2 is 1.93 bits per heavy atom. The molecule has 0 rings (SSSR count). The van der Waals surface area contributed by atoms with Crippen LogP contribution in [-0.2, 0) is 4.79 Å². The number of carbonyl (C=O) groups is 1. The second-order valence-corrected chi connectivity index (χ2v) is 4.86. The molecule has 0 spiro atoms. The zero-order chi connectivity index (χ0) is 11.9. The van der Waals surface area contributed by atoms with E-state index in [2.05, 4.69) is 31.4 Å². The van der Waals surface area contributed by atoms with E-state index in [1.165, 1.54) is 0 Å². The molecule has 0 aliphatic rings. The van der Waals surface area contributed by atoms with E-state index in [9.17, 15) is 4.79 Å². The lowest BCUT2D eigenvalue weighted by Gasteiger charge is -2.20. The molecular formula is C11H25N3O. The molecule has 90 valence electrons. The second kappa shape index (κ2) is 6.80. The molecule has 0 aliphatic heterocycles. The maximum absolute atomic E-state index is 11.4. The zero-order valence-electron chi connectivity index (χ0n) is 10.4. The lowest BCUT2D eigenvalue weighted by Crippen LogP contribution is -2.45. The van der Waals surface area contributed by atoms with Crippen molar-refractivity contribution in [3.63, 3.8) is 0 Å². The Hall–Kier alpha value is -0.610. The van der Waals surface area contributed by atoms with Gasteiger partial charge in [-0.05, 0) is 27.2 Å². The molecule has 15 heavy (non-hydrogen) atoms. The summed E-state index contributed by atoms with van der Waals surface area (Å²) in [5.74, 6) is -0.0486. The predicted molar refractivity (Wildman–Crippen MR) is 63.6 cm³/mol. The summed E-state index contributed by atoms with van der Waals surface area (Å²) in [7, 11) is 0. The van der Waals surface area contributed by atoms with Gasteiger partial charge in [0.05, 0.1) is 6.04 Å². The van der Waals surface area contributed by atoms with Crippen LogP contribution >= 0.6 is 0 Å². The average Bonchev–Trinajstić information content (AvgIpc) is 2.11. The smallest absolute Gasteiger partial charge is 0.236 e. The van der Waals surface area contributed by atoms with E-state index in [-0.39, 0.29) is 17.5 Å². The van der Waals surface area contributed by atoms with Crippen molar-refractivity contribution in [3.05, 3.63) is 0 Å². The summed E-state index contributed by atoms with van der Waals surface area (Å²) >= 11 is 0. The van der Waals surface area contributed by atoms with Crippen molar-refractivity contribution < 1.29 is 4.79 Å². The van der Waals surface area contributed by atoms with E-state index < -0.39 is 0 Å². The molecule has 0 bridgehead atoms. The second-order valence-electron chi connectivity index (χ2n) is 4.86. The SMILES string of the molecule is CCCC(N)C(=O)NCCNC(C)(C)C.